The fourth-order valence-electron chi connectivity index (χ4n) is 2.59. The van der Waals surface area contributed by atoms with Crippen molar-refractivity contribution in [1.29, 1.82) is 0 Å². The van der Waals surface area contributed by atoms with Gasteiger partial charge in [0, 0.05) is 22.7 Å². The molecule has 0 radical (unpaired) electrons. The maximum Gasteiger partial charge on any atom is 0.243 e. The number of amides is 2. The number of hydrogen-bond donors (Lipinski definition) is 3. The lowest BCUT2D eigenvalue weighted by Gasteiger charge is -2.07. The minimum Gasteiger partial charge on any atom is -0.361 e. The summed E-state index contributed by atoms with van der Waals surface area (Å²) in [6, 6.07) is 7.74. The first-order valence-corrected chi connectivity index (χ1v) is 7.59. The van der Waals surface area contributed by atoms with Gasteiger partial charge in [0.2, 0.25) is 11.8 Å². The summed E-state index contributed by atoms with van der Waals surface area (Å²) < 4.78 is 5.01. The van der Waals surface area contributed by atoms with E-state index in [1.807, 2.05) is 24.3 Å². The van der Waals surface area contributed by atoms with Crippen LogP contribution in [-0.4, -0.2) is 22.0 Å². The Kier molecular flexibility index (Phi) is 4.33. The Labute approximate surface area is 138 Å². The van der Waals surface area contributed by atoms with E-state index >= 15 is 0 Å². The molecule has 3 rings (SSSR count). The van der Waals surface area contributed by atoms with Crippen LogP contribution in [-0.2, 0) is 22.4 Å². The molecule has 2 aromatic heterocycles. The zero-order valence-corrected chi connectivity index (χ0v) is 13.5. The Balaban J connectivity index is 1.55. The normalized spacial score (nSPS) is 10.8. The highest BCUT2D eigenvalue weighted by Gasteiger charge is 2.14. The summed E-state index contributed by atoms with van der Waals surface area (Å²) in [7, 11) is 0. The molecule has 0 saturated heterocycles. The van der Waals surface area contributed by atoms with E-state index in [9.17, 15) is 9.59 Å². The number of carbonyl (C=O) groups excluding carboxylic acids is 2. The Morgan fingerprint density at radius 3 is 2.54 bits per heavy atom. The van der Waals surface area contributed by atoms with Crippen molar-refractivity contribution >= 4 is 22.7 Å². The van der Waals surface area contributed by atoms with Gasteiger partial charge in [-0.15, -0.1) is 0 Å². The van der Waals surface area contributed by atoms with Gasteiger partial charge in [0.1, 0.15) is 5.76 Å². The van der Waals surface area contributed by atoms with Gasteiger partial charge in [0.05, 0.1) is 18.5 Å². The van der Waals surface area contributed by atoms with E-state index in [2.05, 4.69) is 21.0 Å². The first-order chi connectivity index (χ1) is 11.5. The van der Waals surface area contributed by atoms with Crippen molar-refractivity contribution in [2.45, 2.75) is 26.7 Å². The van der Waals surface area contributed by atoms with Gasteiger partial charge in [-0.25, -0.2) is 0 Å². The van der Waals surface area contributed by atoms with Gasteiger partial charge in [-0.2, -0.15) is 0 Å². The van der Waals surface area contributed by atoms with Crippen LogP contribution in [0.5, 0.6) is 0 Å². The van der Waals surface area contributed by atoms with Crippen molar-refractivity contribution in [3.63, 3.8) is 0 Å². The van der Waals surface area contributed by atoms with Gasteiger partial charge in [-0.05, 0) is 25.5 Å². The second-order valence-electron chi connectivity index (χ2n) is 5.61. The zero-order valence-electron chi connectivity index (χ0n) is 13.5. The lowest BCUT2D eigenvalue weighted by molar-refractivity contribution is -0.128. The predicted octanol–water partition coefficient (Wildman–Crippen LogP) is 1.71. The third kappa shape index (κ3) is 3.29. The number of benzene rings is 1. The molecule has 0 aliphatic heterocycles. The molecule has 0 atom stereocenters. The summed E-state index contributed by atoms with van der Waals surface area (Å²) in [5.41, 5.74) is 8.11. The molecule has 0 unspecified atom stereocenters. The lowest BCUT2D eigenvalue weighted by atomic mass is 10.1. The van der Waals surface area contributed by atoms with E-state index in [0.717, 1.165) is 22.0 Å². The molecule has 0 aliphatic rings. The van der Waals surface area contributed by atoms with Crippen LogP contribution < -0.4 is 10.9 Å². The molecule has 7 nitrogen and oxygen atoms in total. The van der Waals surface area contributed by atoms with Crippen molar-refractivity contribution in [1.82, 2.24) is 21.0 Å². The number of fused-ring (bicyclic) bond motifs is 1. The minimum atomic E-state index is -0.323. The predicted molar refractivity (Wildman–Crippen MR) is 88.0 cm³/mol. The average molecular weight is 326 g/mol. The first kappa shape index (κ1) is 15.8. The van der Waals surface area contributed by atoms with Crippen LogP contribution in [0.1, 0.15) is 22.6 Å². The summed E-state index contributed by atoms with van der Waals surface area (Å²) >= 11 is 0. The van der Waals surface area contributed by atoms with E-state index in [4.69, 9.17) is 4.52 Å². The Bertz CT molecular complexity index is 875. The standard InChI is InChI=1S/C17H18N4O3/c1-10-14(11(2)24-21-10)8-17(23)20-19-16(22)7-12-9-18-15-6-4-3-5-13(12)15/h3-6,9,18H,7-8H2,1-2H3,(H,19,22)(H,20,23). The van der Waals surface area contributed by atoms with Gasteiger partial charge in [0.25, 0.3) is 0 Å². The van der Waals surface area contributed by atoms with E-state index in [-0.39, 0.29) is 24.7 Å². The van der Waals surface area contributed by atoms with Crippen molar-refractivity contribution in [3.8, 4) is 0 Å². The van der Waals surface area contributed by atoms with Gasteiger partial charge in [-0.1, -0.05) is 23.4 Å². The van der Waals surface area contributed by atoms with Gasteiger partial charge < -0.3 is 9.51 Å². The highest BCUT2D eigenvalue weighted by atomic mass is 16.5. The van der Waals surface area contributed by atoms with Crippen LogP contribution >= 0.6 is 0 Å². The minimum absolute atomic E-state index is 0.106. The molecule has 0 fully saturated rings. The zero-order chi connectivity index (χ0) is 17.1. The fraction of sp³-hybridized carbons (Fsp3) is 0.235. The molecule has 0 aliphatic carbocycles. The number of nitrogens with zero attached hydrogens (tertiary/aromatic N) is 1. The molecule has 3 N–H and O–H groups in total. The first-order valence-electron chi connectivity index (χ1n) is 7.59. The number of hydrogen-bond acceptors (Lipinski definition) is 4. The molecule has 124 valence electrons. The maximum atomic E-state index is 12.0. The number of H-pyrrole nitrogens is 1. The Morgan fingerprint density at radius 2 is 1.83 bits per heavy atom. The van der Waals surface area contributed by atoms with E-state index < -0.39 is 0 Å². The molecule has 2 amide bonds. The summed E-state index contributed by atoms with van der Waals surface area (Å²) in [5.74, 6) is -0.00342. The van der Waals surface area contributed by atoms with Crippen molar-refractivity contribution in [2.24, 2.45) is 0 Å². The molecular weight excluding hydrogens is 308 g/mol. The summed E-state index contributed by atoms with van der Waals surface area (Å²) in [4.78, 5) is 27.1. The number of aromatic nitrogens is 2. The maximum absolute atomic E-state index is 12.0. The largest absolute Gasteiger partial charge is 0.361 e. The van der Waals surface area contributed by atoms with Gasteiger partial charge in [-0.3, -0.25) is 20.4 Å². The highest BCUT2D eigenvalue weighted by Crippen LogP contribution is 2.17. The van der Waals surface area contributed by atoms with Crippen LogP contribution in [0.2, 0.25) is 0 Å². The molecule has 7 heteroatoms. The fourth-order valence-corrected chi connectivity index (χ4v) is 2.59. The quantitative estimate of drug-likeness (QED) is 0.635. The SMILES string of the molecule is Cc1noc(C)c1CC(=O)NNC(=O)Cc1c[nH]c2ccccc12. The smallest absolute Gasteiger partial charge is 0.243 e. The number of aryl methyl sites for hydroxylation is 2. The van der Waals surface area contributed by atoms with Crippen molar-refractivity contribution in [2.75, 3.05) is 0 Å². The highest BCUT2D eigenvalue weighted by molar-refractivity contribution is 5.90. The van der Waals surface area contributed by atoms with Crippen LogP contribution in [0.4, 0.5) is 0 Å². The molecular formula is C17H18N4O3. The molecule has 0 spiro atoms. The molecule has 3 aromatic rings. The van der Waals surface area contributed by atoms with Crippen molar-refractivity contribution in [3.05, 3.63) is 53.0 Å². The molecule has 2 heterocycles. The topological polar surface area (TPSA) is 100 Å². The third-order valence-electron chi connectivity index (χ3n) is 3.89. The van der Waals surface area contributed by atoms with Crippen LogP contribution in [0.25, 0.3) is 10.9 Å². The number of rotatable bonds is 4. The van der Waals surface area contributed by atoms with E-state index in [1.54, 1.807) is 20.0 Å². The molecule has 0 bridgehead atoms. The van der Waals surface area contributed by atoms with E-state index in [1.165, 1.54) is 0 Å². The summed E-state index contributed by atoms with van der Waals surface area (Å²) in [6.07, 6.45) is 2.08. The summed E-state index contributed by atoms with van der Waals surface area (Å²) in [5, 5.41) is 4.79. The number of nitrogens with one attached hydrogen (secondary N) is 3. The average Bonchev–Trinajstić information content (AvgIpc) is 3.11. The van der Waals surface area contributed by atoms with Crippen LogP contribution in [0.3, 0.4) is 0 Å². The Morgan fingerprint density at radius 1 is 1.12 bits per heavy atom. The number of carbonyl (C=O) groups is 2. The van der Waals surface area contributed by atoms with Crippen molar-refractivity contribution < 1.29 is 14.1 Å². The second-order valence-corrected chi connectivity index (χ2v) is 5.61. The van der Waals surface area contributed by atoms with Gasteiger partial charge in [0.15, 0.2) is 0 Å². The monoisotopic (exact) mass is 326 g/mol. The number of aromatic amines is 1. The molecule has 0 saturated carbocycles. The second kappa shape index (κ2) is 6.57. The number of hydrazine groups is 1. The Hall–Kier alpha value is -3.09. The van der Waals surface area contributed by atoms with Crippen LogP contribution in [0, 0.1) is 13.8 Å². The van der Waals surface area contributed by atoms with Crippen LogP contribution in [0.15, 0.2) is 35.0 Å². The summed E-state index contributed by atoms with van der Waals surface area (Å²) in [6.45, 7) is 3.52. The third-order valence-corrected chi connectivity index (χ3v) is 3.89. The lowest BCUT2D eigenvalue weighted by Crippen LogP contribution is -2.43. The molecule has 1 aromatic carbocycles. The number of para-hydroxylation sites is 1. The van der Waals surface area contributed by atoms with Gasteiger partial charge >= 0.3 is 0 Å². The molecule has 24 heavy (non-hydrogen) atoms. The van der Waals surface area contributed by atoms with E-state index in [0.29, 0.717) is 11.5 Å².